The molecule has 0 aliphatic heterocycles. The van der Waals surface area contributed by atoms with Crippen LogP contribution in [0.15, 0.2) is 18.7 Å². The number of hydrogen-bond acceptors (Lipinski definition) is 3. The molecule has 1 atom stereocenters. The summed E-state index contributed by atoms with van der Waals surface area (Å²) in [5, 5.41) is 2.20. The van der Waals surface area contributed by atoms with Crippen LogP contribution in [-0.2, 0) is 11.3 Å². The van der Waals surface area contributed by atoms with Gasteiger partial charge in [0, 0.05) is 25.5 Å². The Morgan fingerprint density at radius 3 is 2.63 bits per heavy atom. The van der Waals surface area contributed by atoms with Gasteiger partial charge in [-0.05, 0) is 19.8 Å². The van der Waals surface area contributed by atoms with Gasteiger partial charge in [0.1, 0.15) is 0 Å². The van der Waals surface area contributed by atoms with E-state index in [1.165, 1.54) is 0 Å². The first kappa shape index (κ1) is 15.5. The van der Waals surface area contributed by atoms with E-state index in [2.05, 4.69) is 10.3 Å². The Hall–Kier alpha value is -1.57. The van der Waals surface area contributed by atoms with Crippen LogP contribution in [0.5, 0.6) is 0 Å². The summed E-state index contributed by atoms with van der Waals surface area (Å²) in [6.07, 6.45) is 1.62. The van der Waals surface area contributed by atoms with Crippen LogP contribution in [-0.4, -0.2) is 33.7 Å². The second-order valence-electron chi connectivity index (χ2n) is 4.46. The lowest BCUT2D eigenvalue weighted by atomic mass is 10.0. The molecule has 0 saturated carbocycles. The minimum absolute atomic E-state index is 0.163. The molecule has 0 radical (unpaired) electrons. The molecule has 1 rings (SSSR count). The molecule has 1 aromatic heterocycles. The molecule has 0 bridgehead atoms. The summed E-state index contributed by atoms with van der Waals surface area (Å²) in [6, 6.07) is 0. The second-order valence-corrected chi connectivity index (χ2v) is 4.46. The predicted molar refractivity (Wildman–Crippen MR) is 63.1 cm³/mol. The standard InChI is InChI=1S/C11H17F3N4O/c1-10(15,11(12,13)14)9(19)17-4-2-3-6-18-7-5-16-8-18/h5,7-8H,2-4,6,15H2,1H3,(H,17,19). The van der Waals surface area contributed by atoms with Crippen LogP contribution in [0, 0.1) is 0 Å². The molecular formula is C11H17F3N4O. The summed E-state index contributed by atoms with van der Waals surface area (Å²) in [4.78, 5) is 15.2. The third-order valence-electron chi connectivity index (χ3n) is 2.75. The number of aromatic nitrogens is 2. The van der Waals surface area contributed by atoms with Crippen LogP contribution in [0.25, 0.3) is 0 Å². The molecule has 1 amide bonds. The Labute approximate surface area is 109 Å². The van der Waals surface area contributed by atoms with E-state index in [-0.39, 0.29) is 6.54 Å². The number of carbonyl (C=O) groups is 1. The number of nitrogens with one attached hydrogen (secondary N) is 1. The van der Waals surface area contributed by atoms with E-state index in [4.69, 9.17) is 5.73 Å². The van der Waals surface area contributed by atoms with Gasteiger partial charge in [0.25, 0.3) is 0 Å². The summed E-state index contributed by atoms with van der Waals surface area (Å²) < 4.78 is 39.2. The number of alkyl halides is 3. The zero-order valence-electron chi connectivity index (χ0n) is 10.6. The topological polar surface area (TPSA) is 72.9 Å². The molecule has 8 heteroatoms. The molecule has 0 aliphatic rings. The maximum atomic E-state index is 12.4. The lowest BCUT2D eigenvalue weighted by Gasteiger charge is -2.26. The van der Waals surface area contributed by atoms with Gasteiger partial charge in [-0.25, -0.2) is 4.98 Å². The van der Waals surface area contributed by atoms with E-state index in [1.54, 1.807) is 18.7 Å². The summed E-state index contributed by atoms with van der Waals surface area (Å²) in [7, 11) is 0. The first-order valence-corrected chi connectivity index (χ1v) is 5.85. The Morgan fingerprint density at radius 2 is 2.11 bits per heavy atom. The second kappa shape index (κ2) is 6.05. The Kier molecular flexibility index (Phi) is 4.93. The highest BCUT2D eigenvalue weighted by Gasteiger charge is 2.53. The van der Waals surface area contributed by atoms with Crippen molar-refractivity contribution in [2.24, 2.45) is 5.73 Å². The largest absolute Gasteiger partial charge is 0.415 e. The molecule has 19 heavy (non-hydrogen) atoms. The number of rotatable bonds is 6. The number of unbranched alkanes of at least 4 members (excludes halogenated alkanes) is 1. The third-order valence-corrected chi connectivity index (χ3v) is 2.75. The van der Waals surface area contributed by atoms with E-state index < -0.39 is 17.6 Å². The number of nitrogens with zero attached hydrogens (tertiary/aromatic N) is 2. The third kappa shape index (κ3) is 4.23. The zero-order chi connectivity index (χ0) is 14.5. The Balaban J connectivity index is 2.24. The average Bonchev–Trinajstić information content (AvgIpc) is 2.79. The van der Waals surface area contributed by atoms with E-state index in [9.17, 15) is 18.0 Å². The number of imidazole rings is 1. The van der Waals surface area contributed by atoms with E-state index in [0.717, 1.165) is 6.42 Å². The summed E-state index contributed by atoms with van der Waals surface area (Å²) in [6.45, 7) is 1.53. The van der Waals surface area contributed by atoms with Gasteiger partial charge in [0.15, 0.2) is 5.54 Å². The monoisotopic (exact) mass is 278 g/mol. The molecular weight excluding hydrogens is 261 g/mol. The van der Waals surface area contributed by atoms with Crippen molar-refractivity contribution in [2.75, 3.05) is 6.54 Å². The van der Waals surface area contributed by atoms with Crippen molar-refractivity contribution in [3.8, 4) is 0 Å². The molecule has 0 saturated heterocycles. The van der Waals surface area contributed by atoms with E-state index >= 15 is 0 Å². The normalized spacial score (nSPS) is 15.0. The maximum Gasteiger partial charge on any atom is 0.415 e. The first-order valence-electron chi connectivity index (χ1n) is 5.85. The minimum Gasteiger partial charge on any atom is -0.354 e. The average molecular weight is 278 g/mol. The lowest BCUT2D eigenvalue weighted by Crippen LogP contribution is -2.61. The van der Waals surface area contributed by atoms with Crippen molar-refractivity contribution in [1.29, 1.82) is 0 Å². The number of carbonyl (C=O) groups excluding carboxylic acids is 1. The molecule has 0 fully saturated rings. The van der Waals surface area contributed by atoms with Crippen molar-refractivity contribution in [1.82, 2.24) is 14.9 Å². The van der Waals surface area contributed by atoms with Gasteiger partial charge >= 0.3 is 6.18 Å². The SMILES string of the molecule is CC(N)(C(=O)NCCCCn1ccnc1)C(F)(F)F. The Bertz CT molecular complexity index is 401. The highest BCUT2D eigenvalue weighted by atomic mass is 19.4. The van der Waals surface area contributed by atoms with Crippen LogP contribution in [0.4, 0.5) is 13.2 Å². The molecule has 1 heterocycles. The summed E-state index contributed by atoms with van der Waals surface area (Å²) in [5.41, 5.74) is 2.13. The minimum atomic E-state index is -4.76. The number of nitrogens with two attached hydrogens (primary N) is 1. The highest BCUT2D eigenvalue weighted by molar-refractivity contribution is 5.86. The van der Waals surface area contributed by atoms with Crippen molar-refractivity contribution >= 4 is 5.91 Å². The van der Waals surface area contributed by atoms with Crippen molar-refractivity contribution in [2.45, 2.75) is 38.0 Å². The lowest BCUT2D eigenvalue weighted by molar-refractivity contribution is -0.187. The Morgan fingerprint density at radius 1 is 1.42 bits per heavy atom. The van der Waals surface area contributed by atoms with Crippen LogP contribution in [0.3, 0.4) is 0 Å². The molecule has 3 N–H and O–H groups in total. The van der Waals surface area contributed by atoms with Gasteiger partial charge in [0.05, 0.1) is 6.33 Å². The van der Waals surface area contributed by atoms with Gasteiger partial charge in [0.2, 0.25) is 5.91 Å². The van der Waals surface area contributed by atoms with Gasteiger partial charge in [-0.2, -0.15) is 13.2 Å². The van der Waals surface area contributed by atoms with Gasteiger partial charge in [-0.15, -0.1) is 0 Å². The molecule has 0 aromatic carbocycles. The van der Waals surface area contributed by atoms with Gasteiger partial charge < -0.3 is 15.6 Å². The smallest absolute Gasteiger partial charge is 0.354 e. The molecule has 0 aliphatic carbocycles. The van der Waals surface area contributed by atoms with Gasteiger partial charge in [-0.3, -0.25) is 4.79 Å². The first-order chi connectivity index (χ1) is 8.75. The maximum absolute atomic E-state index is 12.4. The number of amides is 1. The molecule has 5 nitrogen and oxygen atoms in total. The van der Waals surface area contributed by atoms with Crippen molar-refractivity contribution in [3.05, 3.63) is 18.7 Å². The molecule has 1 unspecified atom stereocenters. The molecule has 108 valence electrons. The van der Waals surface area contributed by atoms with Crippen LogP contribution in [0.1, 0.15) is 19.8 Å². The molecule has 0 spiro atoms. The number of halogens is 3. The van der Waals surface area contributed by atoms with E-state index in [0.29, 0.717) is 19.9 Å². The quantitative estimate of drug-likeness (QED) is 0.764. The highest BCUT2D eigenvalue weighted by Crippen LogP contribution is 2.27. The fourth-order valence-corrected chi connectivity index (χ4v) is 1.35. The van der Waals surface area contributed by atoms with Crippen molar-refractivity contribution < 1.29 is 18.0 Å². The number of hydrogen-bond donors (Lipinski definition) is 2. The van der Waals surface area contributed by atoms with Crippen LogP contribution >= 0.6 is 0 Å². The van der Waals surface area contributed by atoms with E-state index in [1.807, 2.05) is 4.57 Å². The van der Waals surface area contributed by atoms with Crippen LogP contribution < -0.4 is 11.1 Å². The number of aryl methyl sites for hydroxylation is 1. The summed E-state index contributed by atoms with van der Waals surface area (Å²) >= 11 is 0. The fraction of sp³-hybridized carbons (Fsp3) is 0.636. The van der Waals surface area contributed by atoms with Crippen LogP contribution in [0.2, 0.25) is 0 Å². The molecule has 1 aromatic rings. The zero-order valence-corrected chi connectivity index (χ0v) is 10.6. The fourth-order valence-electron chi connectivity index (χ4n) is 1.35. The van der Waals surface area contributed by atoms with Gasteiger partial charge in [-0.1, -0.05) is 0 Å². The summed E-state index contributed by atoms with van der Waals surface area (Å²) in [5.74, 6) is -1.21. The van der Waals surface area contributed by atoms with Crippen molar-refractivity contribution in [3.63, 3.8) is 0 Å². The predicted octanol–water partition coefficient (Wildman–Crippen LogP) is 1.06.